The molecule has 0 saturated heterocycles. The molecular formula is C14H15NOS. The number of carbonyl (C=O) groups excluding carboxylic acids is 1. The molecule has 1 aromatic heterocycles. The summed E-state index contributed by atoms with van der Waals surface area (Å²) in [5, 5.41) is 7.60. The van der Waals surface area contributed by atoms with Crippen molar-refractivity contribution >= 4 is 22.8 Å². The quantitative estimate of drug-likeness (QED) is 0.815. The molecule has 0 aliphatic heterocycles. The highest BCUT2D eigenvalue weighted by molar-refractivity contribution is 7.07. The van der Waals surface area contributed by atoms with E-state index in [0.717, 1.165) is 24.2 Å². The van der Waals surface area contributed by atoms with Crippen LogP contribution in [-0.2, 0) is 6.42 Å². The molecule has 0 saturated carbocycles. The molecule has 0 aliphatic carbocycles. The second-order valence-electron chi connectivity index (χ2n) is 3.94. The lowest BCUT2D eigenvalue weighted by Gasteiger charge is -2.05. The van der Waals surface area contributed by atoms with Gasteiger partial charge in [0.05, 0.1) is 0 Å². The SMILES string of the molecule is CC(=O)c1ccc(NCCc2ccsc2)cc1. The maximum absolute atomic E-state index is 11.1. The number of hydrogen-bond donors (Lipinski definition) is 1. The van der Waals surface area contributed by atoms with Gasteiger partial charge in [-0.1, -0.05) is 0 Å². The summed E-state index contributed by atoms with van der Waals surface area (Å²) in [5.74, 6) is 0.106. The maximum Gasteiger partial charge on any atom is 0.159 e. The van der Waals surface area contributed by atoms with Gasteiger partial charge in [0.25, 0.3) is 0 Å². The van der Waals surface area contributed by atoms with Crippen molar-refractivity contribution < 1.29 is 4.79 Å². The molecule has 88 valence electrons. The van der Waals surface area contributed by atoms with Crippen LogP contribution in [0.5, 0.6) is 0 Å². The van der Waals surface area contributed by atoms with Crippen LogP contribution in [0.4, 0.5) is 5.69 Å². The highest BCUT2D eigenvalue weighted by atomic mass is 32.1. The summed E-state index contributed by atoms with van der Waals surface area (Å²) in [7, 11) is 0. The van der Waals surface area contributed by atoms with E-state index in [1.54, 1.807) is 18.3 Å². The molecule has 0 radical (unpaired) electrons. The Kier molecular flexibility index (Phi) is 3.94. The highest BCUT2D eigenvalue weighted by Crippen LogP contribution is 2.11. The zero-order valence-electron chi connectivity index (χ0n) is 9.77. The molecule has 1 aromatic carbocycles. The van der Waals surface area contributed by atoms with Gasteiger partial charge in [0.1, 0.15) is 0 Å². The molecular weight excluding hydrogens is 230 g/mol. The Balaban J connectivity index is 1.85. The van der Waals surface area contributed by atoms with Gasteiger partial charge in [-0.2, -0.15) is 11.3 Å². The van der Waals surface area contributed by atoms with Gasteiger partial charge in [0.15, 0.2) is 5.78 Å². The number of hydrogen-bond acceptors (Lipinski definition) is 3. The van der Waals surface area contributed by atoms with Gasteiger partial charge < -0.3 is 5.32 Å². The van der Waals surface area contributed by atoms with E-state index in [4.69, 9.17) is 0 Å². The number of anilines is 1. The molecule has 0 bridgehead atoms. The molecule has 0 amide bonds. The lowest BCUT2D eigenvalue weighted by atomic mass is 10.1. The molecule has 2 aromatic rings. The van der Waals surface area contributed by atoms with E-state index in [0.29, 0.717) is 0 Å². The summed E-state index contributed by atoms with van der Waals surface area (Å²) in [5.41, 5.74) is 3.18. The molecule has 0 spiro atoms. The standard InChI is InChI=1S/C14H15NOS/c1-11(16)13-2-4-14(5-3-13)15-8-6-12-7-9-17-10-12/h2-5,7,9-10,15H,6,8H2,1H3. The number of ketones is 1. The van der Waals surface area contributed by atoms with Crippen LogP contribution in [0.15, 0.2) is 41.1 Å². The molecule has 0 atom stereocenters. The molecule has 1 N–H and O–H groups in total. The molecule has 2 nitrogen and oxygen atoms in total. The minimum Gasteiger partial charge on any atom is -0.385 e. The Labute approximate surface area is 105 Å². The Bertz CT molecular complexity index is 473. The summed E-state index contributed by atoms with van der Waals surface area (Å²) in [6, 6.07) is 9.75. The fraction of sp³-hybridized carbons (Fsp3) is 0.214. The van der Waals surface area contributed by atoms with E-state index in [2.05, 4.69) is 22.1 Å². The van der Waals surface area contributed by atoms with E-state index in [-0.39, 0.29) is 5.78 Å². The van der Waals surface area contributed by atoms with Crippen molar-refractivity contribution in [3.8, 4) is 0 Å². The van der Waals surface area contributed by atoms with E-state index in [1.807, 2.05) is 24.3 Å². The largest absolute Gasteiger partial charge is 0.385 e. The van der Waals surface area contributed by atoms with Crippen LogP contribution in [0.2, 0.25) is 0 Å². The molecule has 1 heterocycles. The van der Waals surface area contributed by atoms with Crippen LogP contribution in [-0.4, -0.2) is 12.3 Å². The molecule has 3 heteroatoms. The van der Waals surface area contributed by atoms with Crippen LogP contribution < -0.4 is 5.32 Å². The third-order valence-electron chi connectivity index (χ3n) is 2.61. The van der Waals surface area contributed by atoms with Crippen LogP contribution in [0, 0.1) is 0 Å². The van der Waals surface area contributed by atoms with Gasteiger partial charge in [-0.05, 0) is 60.0 Å². The van der Waals surface area contributed by atoms with Crippen LogP contribution in [0.25, 0.3) is 0 Å². The number of Topliss-reactive ketones (excluding diaryl/α,β-unsaturated/α-hetero) is 1. The number of thiophene rings is 1. The highest BCUT2D eigenvalue weighted by Gasteiger charge is 1.98. The topological polar surface area (TPSA) is 29.1 Å². The van der Waals surface area contributed by atoms with E-state index < -0.39 is 0 Å². The zero-order chi connectivity index (χ0) is 12.1. The van der Waals surface area contributed by atoms with Crippen molar-refractivity contribution in [2.24, 2.45) is 0 Å². The van der Waals surface area contributed by atoms with Gasteiger partial charge >= 0.3 is 0 Å². The third kappa shape index (κ3) is 3.43. The minimum absolute atomic E-state index is 0.106. The molecule has 2 rings (SSSR count). The van der Waals surface area contributed by atoms with E-state index in [9.17, 15) is 4.79 Å². The van der Waals surface area contributed by atoms with Crippen molar-refractivity contribution in [1.29, 1.82) is 0 Å². The number of nitrogens with one attached hydrogen (secondary N) is 1. The fourth-order valence-electron chi connectivity index (χ4n) is 1.61. The summed E-state index contributed by atoms with van der Waals surface area (Å²) in [4.78, 5) is 11.1. The van der Waals surface area contributed by atoms with E-state index in [1.165, 1.54) is 5.56 Å². The number of carbonyl (C=O) groups is 1. The smallest absolute Gasteiger partial charge is 0.159 e. The lowest BCUT2D eigenvalue weighted by Crippen LogP contribution is -2.04. The maximum atomic E-state index is 11.1. The first-order chi connectivity index (χ1) is 8.25. The third-order valence-corrected chi connectivity index (χ3v) is 3.35. The second kappa shape index (κ2) is 5.64. The zero-order valence-corrected chi connectivity index (χ0v) is 10.6. The molecule has 0 fully saturated rings. The predicted molar refractivity (Wildman–Crippen MR) is 73.0 cm³/mol. The molecule has 17 heavy (non-hydrogen) atoms. The van der Waals surface area contributed by atoms with Gasteiger partial charge in [0, 0.05) is 17.8 Å². The van der Waals surface area contributed by atoms with Crippen LogP contribution in [0.1, 0.15) is 22.8 Å². The van der Waals surface area contributed by atoms with Gasteiger partial charge in [-0.15, -0.1) is 0 Å². The Morgan fingerprint density at radius 1 is 1.24 bits per heavy atom. The minimum atomic E-state index is 0.106. The van der Waals surface area contributed by atoms with Crippen molar-refractivity contribution in [2.75, 3.05) is 11.9 Å². The first kappa shape index (κ1) is 11.9. The summed E-state index contributed by atoms with van der Waals surface area (Å²) >= 11 is 1.73. The first-order valence-corrected chi connectivity index (χ1v) is 6.56. The molecule has 0 aliphatic rings. The van der Waals surface area contributed by atoms with E-state index >= 15 is 0 Å². The summed E-state index contributed by atoms with van der Waals surface area (Å²) < 4.78 is 0. The predicted octanol–water partition coefficient (Wildman–Crippen LogP) is 3.61. The van der Waals surface area contributed by atoms with Crippen molar-refractivity contribution in [3.63, 3.8) is 0 Å². The van der Waals surface area contributed by atoms with Crippen molar-refractivity contribution in [2.45, 2.75) is 13.3 Å². The lowest BCUT2D eigenvalue weighted by molar-refractivity contribution is 0.101. The first-order valence-electron chi connectivity index (χ1n) is 5.61. The number of rotatable bonds is 5. The van der Waals surface area contributed by atoms with Crippen molar-refractivity contribution in [1.82, 2.24) is 0 Å². The molecule has 0 unspecified atom stereocenters. The van der Waals surface area contributed by atoms with Crippen molar-refractivity contribution in [3.05, 3.63) is 52.2 Å². The van der Waals surface area contributed by atoms with Gasteiger partial charge in [0.2, 0.25) is 0 Å². The Morgan fingerprint density at radius 2 is 2.00 bits per heavy atom. The Morgan fingerprint density at radius 3 is 2.59 bits per heavy atom. The summed E-state index contributed by atoms with van der Waals surface area (Å²) in [6.45, 7) is 2.50. The van der Waals surface area contributed by atoms with Crippen LogP contribution in [0.3, 0.4) is 0 Å². The van der Waals surface area contributed by atoms with Crippen LogP contribution >= 0.6 is 11.3 Å². The average molecular weight is 245 g/mol. The fourth-order valence-corrected chi connectivity index (χ4v) is 2.31. The second-order valence-corrected chi connectivity index (χ2v) is 4.72. The Hall–Kier alpha value is -1.61. The summed E-state index contributed by atoms with van der Waals surface area (Å²) in [6.07, 6.45) is 1.03. The van der Waals surface area contributed by atoms with Gasteiger partial charge in [-0.3, -0.25) is 4.79 Å². The average Bonchev–Trinajstić information content (AvgIpc) is 2.83. The van der Waals surface area contributed by atoms with Gasteiger partial charge in [-0.25, -0.2) is 0 Å². The number of benzene rings is 1. The monoisotopic (exact) mass is 245 g/mol. The normalized spacial score (nSPS) is 10.2.